The summed E-state index contributed by atoms with van der Waals surface area (Å²) in [5.74, 6) is -1.17. The van der Waals surface area contributed by atoms with Gasteiger partial charge in [-0.1, -0.05) is 44.2 Å². The van der Waals surface area contributed by atoms with Gasteiger partial charge in [-0.3, -0.25) is 9.59 Å². The first-order valence-corrected chi connectivity index (χ1v) is 9.70. The summed E-state index contributed by atoms with van der Waals surface area (Å²) in [6.07, 6.45) is 1.10. The summed E-state index contributed by atoms with van der Waals surface area (Å²) >= 11 is 0. The van der Waals surface area contributed by atoms with E-state index in [0.717, 1.165) is 17.0 Å². The lowest BCUT2D eigenvalue weighted by atomic mass is 9.68. The summed E-state index contributed by atoms with van der Waals surface area (Å²) < 4.78 is 0. The van der Waals surface area contributed by atoms with E-state index in [1.807, 2.05) is 18.2 Å². The van der Waals surface area contributed by atoms with Crippen LogP contribution in [0.15, 0.2) is 59.3 Å². The summed E-state index contributed by atoms with van der Waals surface area (Å²) in [5.41, 5.74) is 4.60. The number of carbonyl (C=O) groups excluding carboxylic acids is 2. The fourth-order valence-corrected chi connectivity index (χ4v) is 4.84. The average molecular weight is 387 g/mol. The molecule has 1 aliphatic heterocycles. The lowest BCUT2D eigenvalue weighted by Gasteiger charge is -2.39. The van der Waals surface area contributed by atoms with Crippen LogP contribution >= 0.6 is 0 Å². The number of phenols is 2. The molecule has 0 radical (unpaired) electrons. The molecule has 0 spiro atoms. The van der Waals surface area contributed by atoms with Gasteiger partial charge < -0.3 is 15.5 Å². The summed E-state index contributed by atoms with van der Waals surface area (Å²) in [7, 11) is 0. The smallest absolute Gasteiger partial charge is 0.192 e. The van der Waals surface area contributed by atoms with E-state index in [2.05, 4.69) is 19.2 Å². The molecule has 29 heavy (non-hydrogen) atoms. The molecule has 2 aromatic rings. The Labute approximate surface area is 168 Å². The van der Waals surface area contributed by atoms with Gasteiger partial charge in [-0.15, -0.1) is 0 Å². The van der Waals surface area contributed by atoms with Crippen LogP contribution in [0.25, 0.3) is 5.70 Å². The van der Waals surface area contributed by atoms with Crippen LogP contribution in [0.3, 0.4) is 0 Å². The van der Waals surface area contributed by atoms with Crippen LogP contribution in [-0.2, 0) is 4.79 Å². The first-order chi connectivity index (χ1) is 13.8. The van der Waals surface area contributed by atoms with E-state index in [9.17, 15) is 19.8 Å². The Morgan fingerprint density at radius 2 is 1.66 bits per heavy atom. The summed E-state index contributed by atoms with van der Waals surface area (Å²) in [5, 5.41) is 23.3. The summed E-state index contributed by atoms with van der Waals surface area (Å²) in [6, 6.07) is 12.0. The van der Waals surface area contributed by atoms with Crippen molar-refractivity contribution in [3.63, 3.8) is 0 Å². The maximum absolute atomic E-state index is 13.3. The molecule has 2 aliphatic carbocycles. The van der Waals surface area contributed by atoms with Crippen LogP contribution in [0.5, 0.6) is 11.5 Å². The zero-order valence-corrected chi connectivity index (χ0v) is 16.2. The number of phenolic OH excluding ortho intramolecular Hbond substituents is 2. The van der Waals surface area contributed by atoms with Crippen molar-refractivity contribution >= 4 is 17.3 Å². The summed E-state index contributed by atoms with van der Waals surface area (Å²) in [4.78, 5) is 26.5. The number of dihydropyridines is 1. The number of ketones is 2. The Morgan fingerprint density at radius 1 is 0.931 bits per heavy atom. The Bertz CT molecular complexity index is 1170. The van der Waals surface area contributed by atoms with Crippen LogP contribution in [0, 0.1) is 5.41 Å². The van der Waals surface area contributed by atoms with Crippen molar-refractivity contribution in [1.82, 2.24) is 5.32 Å². The number of nitrogens with one attached hydrogen (secondary N) is 1. The van der Waals surface area contributed by atoms with Crippen molar-refractivity contribution in [1.29, 1.82) is 0 Å². The first-order valence-electron chi connectivity index (χ1n) is 9.70. The monoisotopic (exact) mass is 387 g/mol. The fraction of sp³-hybridized carbons (Fsp3) is 0.250. The number of rotatable bonds is 1. The first kappa shape index (κ1) is 17.7. The molecule has 0 aromatic heterocycles. The van der Waals surface area contributed by atoms with Gasteiger partial charge in [0.25, 0.3) is 0 Å². The number of hydrogen-bond donors (Lipinski definition) is 3. The molecule has 0 bridgehead atoms. The van der Waals surface area contributed by atoms with Crippen molar-refractivity contribution < 1.29 is 19.8 Å². The molecular formula is C24H21NO4. The molecule has 2 aromatic carbocycles. The molecule has 0 saturated heterocycles. The molecule has 0 amide bonds. The maximum Gasteiger partial charge on any atom is 0.192 e. The summed E-state index contributed by atoms with van der Waals surface area (Å²) in [6.45, 7) is 4.13. The average Bonchev–Trinajstić information content (AvgIpc) is 2.94. The molecule has 1 unspecified atom stereocenters. The van der Waals surface area contributed by atoms with E-state index in [1.54, 1.807) is 12.1 Å². The number of hydrogen-bond acceptors (Lipinski definition) is 5. The predicted octanol–water partition coefficient (Wildman–Crippen LogP) is 4.04. The Hall–Kier alpha value is -3.34. The molecule has 0 fully saturated rings. The van der Waals surface area contributed by atoms with Gasteiger partial charge in [-0.05, 0) is 29.5 Å². The predicted molar refractivity (Wildman–Crippen MR) is 108 cm³/mol. The van der Waals surface area contributed by atoms with Gasteiger partial charge in [0, 0.05) is 40.3 Å². The molecule has 5 rings (SSSR count). The van der Waals surface area contributed by atoms with Crippen molar-refractivity contribution in [2.75, 3.05) is 0 Å². The van der Waals surface area contributed by atoms with E-state index in [0.29, 0.717) is 35.1 Å². The second-order valence-corrected chi connectivity index (χ2v) is 8.80. The van der Waals surface area contributed by atoms with E-state index in [-0.39, 0.29) is 28.5 Å². The minimum Gasteiger partial charge on any atom is -0.504 e. The Morgan fingerprint density at radius 3 is 2.38 bits per heavy atom. The van der Waals surface area contributed by atoms with Gasteiger partial charge in [0.1, 0.15) is 0 Å². The molecule has 1 atom stereocenters. The normalized spacial score (nSPS) is 22.2. The fourth-order valence-electron chi connectivity index (χ4n) is 4.84. The molecule has 5 nitrogen and oxygen atoms in total. The zero-order chi connectivity index (χ0) is 20.5. The van der Waals surface area contributed by atoms with Crippen LogP contribution in [0.1, 0.15) is 54.1 Å². The highest BCUT2D eigenvalue weighted by Crippen LogP contribution is 2.51. The number of aromatic hydroxyl groups is 2. The number of benzene rings is 2. The van der Waals surface area contributed by atoms with Gasteiger partial charge >= 0.3 is 0 Å². The molecular weight excluding hydrogens is 366 g/mol. The number of carbonyl (C=O) groups is 2. The number of Topliss-reactive ketones (excluding diaryl/α,β-unsaturated/α-hetero) is 2. The molecule has 5 heteroatoms. The van der Waals surface area contributed by atoms with Gasteiger partial charge in [-0.2, -0.15) is 0 Å². The second kappa shape index (κ2) is 5.83. The molecule has 3 N–H and O–H groups in total. The standard InChI is InChI=1S/C24H21NO4/c1-24(2)10-15-20(18(28)11-24)19(12-7-8-16(26)17(27)9-12)21-22(25-15)13-5-3-4-6-14(13)23(21)29/h3-9,19,25-27H,10-11H2,1-2H3. The second-order valence-electron chi connectivity index (χ2n) is 8.80. The third-order valence-corrected chi connectivity index (χ3v) is 6.06. The van der Waals surface area contributed by atoms with Crippen molar-refractivity contribution in [2.45, 2.75) is 32.6 Å². The third kappa shape index (κ3) is 2.54. The lowest BCUT2D eigenvalue weighted by molar-refractivity contribution is -0.118. The van der Waals surface area contributed by atoms with Crippen LogP contribution in [-0.4, -0.2) is 21.8 Å². The highest BCUT2D eigenvalue weighted by molar-refractivity contribution is 6.23. The van der Waals surface area contributed by atoms with E-state index >= 15 is 0 Å². The Balaban J connectivity index is 1.76. The van der Waals surface area contributed by atoms with Crippen LogP contribution in [0.4, 0.5) is 0 Å². The molecule has 3 aliphatic rings. The molecule has 0 saturated carbocycles. The minimum absolute atomic E-state index is 0.0108. The lowest BCUT2D eigenvalue weighted by Crippen LogP contribution is -2.37. The third-order valence-electron chi connectivity index (χ3n) is 6.06. The topological polar surface area (TPSA) is 86.6 Å². The van der Waals surface area contributed by atoms with Gasteiger partial charge in [-0.25, -0.2) is 0 Å². The van der Waals surface area contributed by atoms with Crippen molar-refractivity contribution in [3.05, 3.63) is 76.0 Å². The van der Waals surface area contributed by atoms with E-state index < -0.39 is 5.92 Å². The van der Waals surface area contributed by atoms with Crippen LogP contribution < -0.4 is 5.32 Å². The number of fused-ring (bicyclic) bond motifs is 2. The van der Waals surface area contributed by atoms with Crippen LogP contribution in [0.2, 0.25) is 0 Å². The quantitative estimate of drug-likeness (QED) is 0.643. The maximum atomic E-state index is 13.3. The zero-order valence-electron chi connectivity index (χ0n) is 16.2. The van der Waals surface area contributed by atoms with E-state index in [4.69, 9.17) is 0 Å². The van der Waals surface area contributed by atoms with E-state index in [1.165, 1.54) is 12.1 Å². The Kier molecular flexibility index (Phi) is 3.57. The van der Waals surface area contributed by atoms with Gasteiger partial charge in [0.15, 0.2) is 23.1 Å². The SMILES string of the molecule is CC1(C)CC(=O)C2=C(C1)NC1=C(C(=O)c3ccccc31)C2c1ccc(O)c(O)c1. The highest BCUT2D eigenvalue weighted by atomic mass is 16.3. The number of allylic oxidation sites excluding steroid dienone is 3. The van der Waals surface area contributed by atoms with Gasteiger partial charge in [0.2, 0.25) is 0 Å². The van der Waals surface area contributed by atoms with Crippen molar-refractivity contribution in [3.8, 4) is 11.5 Å². The minimum atomic E-state index is -0.573. The molecule has 1 heterocycles. The largest absolute Gasteiger partial charge is 0.504 e. The molecule has 146 valence electrons. The van der Waals surface area contributed by atoms with Gasteiger partial charge in [0.05, 0.1) is 5.70 Å². The van der Waals surface area contributed by atoms with Crippen molar-refractivity contribution in [2.24, 2.45) is 5.41 Å². The highest BCUT2D eigenvalue weighted by Gasteiger charge is 2.46.